The molecule has 1 atom stereocenters. The molecule has 1 unspecified atom stereocenters. The second-order valence-electron chi connectivity index (χ2n) is 8.03. The number of likely N-dealkylation sites (tertiary alicyclic amines) is 1. The highest BCUT2D eigenvalue weighted by Crippen LogP contribution is 2.36. The van der Waals surface area contributed by atoms with Crippen LogP contribution in [0.3, 0.4) is 0 Å². The molecule has 7 heteroatoms. The minimum absolute atomic E-state index is 0. The molecule has 0 radical (unpaired) electrons. The summed E-state index contributed by atoms with van der Waals surface area (Å²) in [6.45, 7) is 5.27. The molecular weight excluding hydrogens is 373 g/mol. The predicted octanol–water partition coefficient (Wildman–Crippen LogP) is 2.76. The van der Waals surface area contributed by atoms with Crippen molar-refractivity contribution in [3.63, 3.8) is 0 Å². The molecule has 5 nitrogen and oxygen atoms in total. The van der Waals surface area contributed by atoms with E-state index in [-0.39, 0.29) is 36.3 Å². The lowest BCUT2D eigenvalue weighted by atomic mass is 9.91. The molecule has 3 fully saturated rings. The monoisotopic (exact) mass is 409 g/mol. The Labute approximate surface area is 171 Å². The zero-order valence-electron chi connectivity index (χ0n) is 16.1. The van der Waals surface area contributed by atoms with E-state index in [2.05, 4.69) is 15.5 Å². The van der Waals surface area contributed by atoms with E-state index in [4.69, 9.17) is 4.74 Å². The van der Waals surface area contributed by atoms with Crippen LogP contribution in [0.2, 0.25) is 0 Å². The molecule has 0 aromatic heterocycles. The predicted molar refractivity (Wildman–Crippen MR) is 111 cm³/mol. The molecule has 3 rings (SSSR count). The van der Waals surface area contributed by atoms with Gasteiger partial charge in [-0.25, -0.2) is 0 Å². The summed E-state index contributed by atoms with van der Waals surface area (Å²) in [5.74, 6) is 0.948. The van der Waals surface area contributed by atoms with E-state index in [1.807, 2.05) is 7.11 Å². The van der Waals surface area contributed by atoms with Crippen LogP contribution in [0.15, 0.2) is 0 Å². The first kappa shape index (κ1) is 24.0. The van der Waals surface area contributed by atoms with Crippen molar-refractivity contribution in [1.82, 2.24) is 15.5 Å². The number of nitrogens with zero attached hydrogens (tertiary/aromatic N) is 1. The molecule has 2 aliphatic heterocycles. The summed E-state index contributed by atoms with van der Waals surface area (Å²) in [4.78, 5) is 15.0. The number of carbonyl (C=O) groups is 1. The molecule has 1 aliphatic carbocycles. The number of amides is 1. The van der Waals surface area contributed by atoms with Crippen LogP contribution in [0.25, 0.3) is 0 Å². The topological polar surface area (TPSA) is 53.6 Å². The third kappa shape index (κ3) is 6.23. The Balaban J connectivity index is 0.00000169. The van der Waals surface area contributed by atoms with Crippen LogP contribution in [0, 0.1) is 5.92 Å². The number of rotatable bonds is 7. The average molecular weight is 410 g/mol. The number of hydrogen-bond donors (Lipinski definition) is 2. The van der Waals surface area contributed by atoms with Gasteiger partial charge in [0.05, 0.1) is 6.10 Å². The third-order valence-corrected chi connectivity index (χ3v) is 6.54. The molecule has 3 aliphatic rings. The first-order valence-electron chi connectivity index (χ1n) is 9.97. The van der Waals surface area contributed by atoms with Gasteiger partial charge in [-0.15, -0.1) is 24.8 Å². The highest BCUT2D eigenvalue weighted by Gasteiger charge is 2.41. The number of nitrogens with one attached hydrogen (secondary N) is 2. The van der Waals surface area contributed by atoms with Crippen LogP contribution in [0.1, 0.15) is 57.8 Å². The number of hydrogen-bond acceptors (Lipinski definition) is 4. The fraction of sp³-hybridized carbons (Fsp3) is 0.947. The quantitative estimate of drug-likeness (QED) is 0.678. The summed E-state index contributed by atoms with van der Waals surface area (Å²) in [5, 5.41) is 6.66. The lowest BCUT2D eigenvalue weighted by Crippen LogP contribution is -2.57. The van der Waals surface area contributed by atoms with Crippen molar-refractivity contribution in [2.45, 2.75) is 69.4 Å². The SMILES string of the molecule is COC1CCN(C2(CNC(=O)CCC3CCNC3)CCCC2)CC1.Cl.Cl. The second-order valence-corrected chi connectivity index (χ2v) is 8.03. The maximum atomic E-state index is 12.3. The van der Waals surface area contributed by atoms with Crippen molar-refractivity contribution in [3.8, 4) is 0 Å². The normalized spacial score (nSPS) is 26.1. The molecule has 0 aromatic rings. The fourth-order valence-electron chi connectivity index (χ4n) is 4.85. The largest absolute Gasteiger partial charge is 0.381 e. The van der Waals surface area contributed by atoms with Crippen molar-refractivity contribution in [3.05, 3.63) is 0 Å². The van der Waals surface area contributed by atoms with Gasteiger partial charge < -0.3 is 15.4 Å². The first-order chi connectivity index (χ1) is 11.7. The smallest absolute Gasteiger partial charge is 0.220 e. The van der Waals surface area contributed by atoms with Crippen molar-refractivity contribution in [2.24, 2.45) is 5.92 Å². The maximum absolute atomic E-state index is 12.3. The Kier molecular flexibility index (Phi) is 10.8. The Morgan fingerprint density at radius 3 is 2.46 bits per heavy atom. The van der Waals surface area contributed by atoms with Crippen LogP contribution >= 0.6 is 24.8 Å². The van der Waals surface area contributed by atoms with Gasteiger partial charge in [0.2, 0.25) is 5.91 Å². The number of carbonyl (C=O) groups excluding carboxylic acids is 1. The Morgan fingerprint density at radius 1 is 1.19 bits per heavy atom. The Hall–Kier alpha value is -0.0700. The molecule has 2 heterocycles. The van der Waals surface area contributed by atoms with Gasteiger partial charge in [-0.3, -0.25) is 9.69 Å². The highest BCUT2D eigenvalue weighted by molar-refractivity contribution is 5.85. The minimum Gasteiger partial charge on any atom is -0.381 e. The zero-order valence-corrected chi connectivity index (χ0v) is 17.8. The Morgan fingerprint density at radius 2 is 1.88 bits per heavy atom. The van der Waals surface area contributed by atoms with Gasteiger partial charge in [-0.1, -0.05) is 12.8 Å². The molecule has 2 N–H and O–H groups in total. The standard InChI is InChI=1S/C19H35N3O2.2ClH/c1-24-17-7-12-22(13-8-17)19(9-2-3-10-19)15-21-18(23)5-4-16-6-11-20-14-16;;/h16-17,20H,2-15H2,1H3,(H,21,23);2*1H. The van der Waals surface area contributed by atoms with Crippen LogP contribution < -0.4 is 10.6 Å². The van der Waals surface area contributed by atoms with Crippen molar-refractivity contribution < 1.29 is 9.53 Å². The van der Waals surface area contributed by atoms with Gasteiger partial charge >= 0.3 is 0 Å². The number of halogens is 2. The lowest BCUT2D eigenvalue weighted by molar-refractivity contribution is -0.122. The molecule has 1 saturated carbocycles. The van der Waals surface area contributed by atoms with E-state index in [9.17, 15) is 4.79 Å². The van der Waals surface area contributed by atoms with Gasteiger partial charge in [0.1, 0.15) is 0 Å². The van der Waals surface area contributed by atoms with Crippen molar-refractivity contribution in [2.75, 3.05) is 39.8 Å². The van der Waals surface area contributed by atoms with Gasteiger partial charge in [0.15, 0.2) is 0 Å². The second kappa shape index (κ2) is 11.7. The van der Waals surface area contributed by atoms with E-state index in [1.54, 1.807) is 0 Å². The molecule has 1 amide bonds. The van der Waals surface area contributed by atoms with Crippen molar-refractivity contribution in [1.29, 1.82) is 0 Å². The van der Waals surface area contributed by atoms with Gasteiger partial charge in [0, 0.05) is 38.7 Å². The number of ether oxygens (including phenoxy) is 1. The lowest BCUT2D eigenvalue weighted by Gasteiger charge is -2.45. The molecule has 154 valence electrons. The van der Waals surface area contributed by atoms with E-state index < -0.39 is 0 Å². The van der Waals surface area contributed by atoms with Crippen LogP contribution in [-0.2, 0) is 9.53 Å². The molecule has 26 heavy (non-hydrogen) atoms. The van der Waals surface area contributed by atoms with Crippen LogP contribution in [0.5, 0.6) is 0 Å². The fourth-order valence-corrected chi connectivity index (χ4v) is 4.85. The molecular formula is C19H37Cl2N3O2. The molecule has 2 saturated heterocycles. The summed E-state index contributed by atoms with van der Waals surface area (Å²) < 4.78 is 5.51. The summed E-state index contributed by atoms with van der Waals surface area (Å²) >= 11 is 0. The summed E-state index contributed by atoms with van der Waals surface area (Å²) in [6.07, 6.45) is 10.7. The minimum atomic E-state index is 0. The van der Waals surface area contributed by atoms with E-state index in [1.165, 1.54) is 32.1 Å². The van der Waals surface area contributed by atoms with E-state index in [0.717, 1.165) is 52.0 Å². The number of piperidine rings is 1. The summed E-state index contributed by atoms with van der Waals surface area (Å²) in [7, 11) is 1.83. The third-order valence-electron chi connectivity index (χ3n) is 6.54. The summed E-state index contributed by atoms with van der Waals surface area (Å²) in [6, 6.07) is 0. The number of methoxy groups -OCH3 is 1. The summed E-state index contributed by atoms with van der Waals surface area (Å²) in [5.41, 5.74) is 0.212. The van der Waals surface area contributed by atoms with Crippen molar-refractivity contribution >= 4 is 30.7 Å². The van der Waals surface area contributed by atoms with Crippen LogP contribution in [0.4, 0.5) is 0 Å². The first-order valence-corrected chi connectivity index (χ1v) is 9.97. The molecule has 0 spiro atoms. The van der Waals surface area contributed by atoms with E-state index >= 15 is 0 Å². The maximum Gasteiger partial charge on any atom is 0.220 e. The molecule has 0 aromatic carbocycles. The Bertz CT molecular complexity index is 406. The average Bonchev–Trinajstić information content (AvgIpc) is 3.31. The highest BCUT2D eigenvalue weighted by atomic mass is 35.5. The van der Waals surface area contributed by atoms with Crippen LogP contribution in [-0.4, -0.2) is 62.3 Å². The van der Waals surface area contributed by atoms with Gasteiger partial charge in [-0.05, 0) is 57.5 Å². The zero-order chi connectivity index (χ0) is 16.8. The van der Waals surface area contributed by atoms with Gasteiger partial charge in [0.25, 0.3) is 0 Å². The van der Waals surface area contributed by atoms with Gasteiger partial charge in [-0.2, -0.15) is 0 Å². The van der Waals surface area contributed by atoms with E-state index in [0.29, 0.717) is 18.4 Å². The molecule has 0 bridgehead atoms.